The van der Waals surface area contributed by atoms with Crippen molar-refractivity contribution in [2.45, 2.75) is 25.7 Å². The zero-order valence-electron chi connectivity index (χ0n) is 9.58. The molecule has 0 atom stereocenters. The molecular weight excluding hydrogens is 211 g/mol. The Kier molecular flexibility index (Phi) is 3.52. The van der Waals surface area contributed by atoms with Crippen molar-refractivity contribution in [3.8, 4) is 5.75 Å². The standard InChI is InChI=1S/C12H15FO3/c1-12(2,7-11(14)15)8-4-9(13)6-10(5-8)16-3/h4-6H,7H2,1-3H3,(H,14,15). The summed E-state index contributed by atoms with van der Waals surface area (Å²) in [5, 5.41) is 8.78. The summed E-state index contributed by atoms with van der Waals surface area (Å²) in [7, 11) is 1.45. The second kappa shape index (κ2) is 4.51. The number of carboxylic acid groups (broad SMARTS) is 1. The van der Waals surface area contributed by atoms with Crippen molar-refractivity contribution in [3.63, 3.8) is 0 Å². The zero-order valence-corrected chi connectivity index (χ0v) is 9.58. The predicted molar refractivity (Wildman–Crippen MR) is 58.2 cm³/mol. The Morgan fingerprint density at radius 2 is 2.06 bits per heavy atom. The van der Waals surface area contributed by atoms with Crippen LogP contribution in [0.3, 0.4) is 0 Å². The number of ether oxygens (including phenoxy) is 1. The van der Waals surface area contributed by atoms with Crippen molar-refractivity contribution >= 4 is 5.97 Å². The molecule has 0 spiro atoms. The van der Waals surface area contributed by atoms with E-state index in [0.717, 1.165) is 0 Å². The van der Waals surface area contributed by atoms with Gasteiger partial charge in [0.25, 0.3) is 0 Å². The maximum atomic E-state index is 13.3. The highest BCUT2D eigenvalue weighted by molar-refractivity contribution is 5.69. The van der Waals surface area contributed by atoms with Crippen LogP contribution in [0, 0.1) is 5.82 Å². The Morgan fingerprint density at radius 3 is 2.56 bits per heavy atom. The summed E-state index contributed by atoms with van der Waals surface area (Å²) in [6, 6.07) is 4.26. The van der Waals surface area contributed by atoms with Crippen molar-refractivity contribution in [2.75, 3.05) is 7.11 Å². The molecule has 0 amide bonds. The third kappa shape index (κ3) is 2.95. The lowest BCUT2D eigenvalue weighted by molar-refractivity contribution is -0.138. The van der Waals surface area contributed by atoms with Crippen molar-refractivity contribution in [1.82, 2.24) is 0 Å². The number of methoxy groups -OCH3 is 1. The number of benzene rings is 1. The van der Waals surface area contributed by atoms with Gasteiger partial charge in [-0.2, -0.15) is 0 Å². The maximum absolute atomic E-state index is 13.3. The van der Waals surface area contributed by atoms with Crippen LogP contribution in [0.15, 0.2) is 18.2 Å². The number of rotatable bonds is 4. The third-order valence-electron chi connectivity index (χ3n) is 2.48. The summed E-state index contributed by atoms with van der Waals surface area (Å²) in [6.45, 7) is 3.52. The molecule has 0 aliphatic heterocycles. The number of hydrogen-bond donors (Lipinski definition) is 1. The topological polar surface area (TPSA) is 46.5 Å². The number of carbonyl (C=O) groups is 1. The Hall–Kier alpha value is -1.58. The molecule has 3 nitrogen and oxygen atoms in total. The zero-order chi connectivity index (χ0) is 12.3. The van der Waals surface area contributed by atoms with Crippen LogP contribution in [0.25, 0.3) is 0 Å². The second-order valence-corrected chi connectivity index (χ2v) is 4.33. The van der Waals surface area contributed by atoms with Gasteiger partial charge in [0, 0.05) is 11.5 Å². The Morgan fingerprint density at radius 1 is 1.44 bits per heavy atom. The fourth-order valence-electron chi connectivity index (χ4n) is 1.55. The molecule has 88 valence electrons. The van der Waals surface area contributed by atoms with E-state index in [-0.39, 0.29) is 6.42 Å². The van der Waals surface area contributed by atoms with Crippen LogP contribution in [0.2, 0.25) is 0 Å². The monoisotopic (exact) mass is 226 g/mol. The predicted octanol–water partition coefficient (Wildman–Crippen LogP) is 2.59. The molecule has 1 rings (SSSR count). The molecule has 0 bridgehead atoms. The molecule has 0 unspecified atom stereocenters. The first-order valence-corrected chi connectivity index (χ1v) is 4.92. The lowest BCUT2D eigenvalue weighted by Crippen LogP contribution is -2.21. The van der Waals surface area contributed by atoms with E-state index < -0.39 is 17.2 Å². The molecule has 0 aromatic heterocycles. The van der Waals surface area contributed by atoms with Crippen molar-refractivity contribution in [3.05, 3.63) is 29.6 Å². The van der Waals surface area contributed by atoms with Crippen LogP contribution in [-0.2, 0) is 10.2 Å². The van der Waals surface area contributed by atoms with E-state index in [1.54, 1.807) is 19.9 Å². The van der Waals surface area contributed by atoms with Gasteiger partial charge in [-0.05, 0) is 17.7 Å². The molecule has 0 radical (unpaired) electrons. The summed E-state index contributed by atoms with van der Waals surface area (Å²) in [4.78, 5) is 10.7. The summed E-state index contributed by atoms with van der Waals surface area (Å²) in [6.07, 6.45) is -0.0559. The molecule has 0 saturated heterocycles. The van der Waals surface area contributed by atoms with E-state index in [1.807, 2.05) is 0 Å². The van der Waals surface area contributed by atoms with Gasteiger partial charge >= 0.3 is 5.97 Å². The van der Waals surface area contributed by atoms with Gasteiger partial charge in [-0.15, -0.1) is 0 Å². The minimum absolute atomic E-state index is 0.0559. The van der Waals surface area contributed by atoms with Gasteiger partial charge in [-0.25, -0.2) is 4.39 Å². The van der Waals surface area contributed by atoms with Gasteiger partial charge in [0.1, 0.15) is 11.6 Å². The number of aliphatic carboxylic acids is 1. The maximum Gasteiger partial charge on any atom is 0.304 e. The minimum Gasteiger partial charge on any atom is -0.497 e. The van der Waals surface area contributed by atoms with Gasteiger partial charge in [0.05, 0.1) is 13.5 Å². The number of hydrogen-bond acceptors (Lipinski definition) is 2. The average molecular weight is 226 g/mol. The first-order valence-electron chi connectivity index (χ1n) is 4.92. The summed E-state index contributed by atoms with van der Waals surface area (Å²) >= 11 is 0. The highest BCUT2D eigenvalue weighted by Crippen LogP contribution is 2.30. The normalized spacial score (nSPS) is 11.2. The molecular formula is C12H15FO3. The average Bonchev–Trinajstić information content (AvgIpc) is 2.14. The quantitative estimate of drug-likeness (QED) is 0.858. The van der Waals surface area contributed by atoms with Crippen molar-refractivity contribution in [2.24, 2.45) is 0 Å². The molecule has 0 saturated carbocycles. The first-order chi connectivity index (χ1) is 7.35. The Balaban J connectivity index is 3.11. The molecule has 1 aromatic carbocycles. The smallest absolute Gasteiger partial charge is 0.304 e. The van der Waals surface area contributed by atoms with E-state index >= 15 is 0 Å². The largest absolute Gasteiger partial charge is 0.497 e. The van der Waals surface area contributed by atoms with Crippen LogP contribution >= 0.6 is 0 Å². The molecule has 1 aromatic rings. The summed E-state index contributed by atoms with van der Waals surface area (Å²) in [5.74, 6) is -0.936. The highest BCUT2D eigenvalue weighted by Gasteiger charge is 2.25. The fraction of sp³-hybridized carbons (Fsp3) is 0.417. The number of halogens is 1. The van der Waals surface area contributed by atoms with Crippen molar-refractivity contribution in [1.29, 1.82) is 0 Å². The second-order valence-electron chi connectivity index (χ2n) is 4.33. The molecule has 0 fully saturated rings. The molecule has 0 aliphatic carbocycles. The fourth-order valence-corrected chi connectivity index (χ4v) is 1.55. The molecule has 16 heavy (non-hydrogen) atoms. The van der Waals surface area contributed by atoms with Gasteiger partial charge in [0.2, 0.25) is 0 Å². The van der Waals surface area contributed by atoms with Crippen molar-refractivity contribution < 1.29 is 19.0 Å². The molecule has 1 N–H and O–H groups in total. The number of carboxylic acids is 1. The highest BCUT2D eigenvalue weighted by atomic mass is 19.1. The molecule has 0 heterocycles. The van der Waals surface area contributed by atoms with Gasteiger partial charge < -0.3 is 9.84 Å². The van der Waals surface area contributed by atoms with Crippen LogP contribution in [0.4, 0.5) is 4.39 Å². The van der Waals surface area contributed by atoms with E-state index in [1.165, 1.54) is 19.2 Å². The van der Waals surface area contributed by atoms with E-state index in [4.69, 9.17) is 9.84 Å². The van der Waals surface area contributed by atoms with E-state index in [2.05, 4.69) is 0 Å². The summed E-state index contributed by atoms with van der Waals surface area (Å²) < 4.78 is 18.2. The minimum atomic E-state index is -0.909. The van der Waals surface area contributed by atoms with E-state index in [9.17, 15) is 9.18 Å². The van der Waals surface area contributed by atoms with Gasteiger partial charge in [-0.3, -0.25) is 4.79 Å². The SMILES string of the molecule is COc1cc(F)cc(C(C)(C)CC(=O)O)c1. The Bertz CT molecular complexity index is 399. The lowest BCUT2D eigenvalue weighted by atomic mass is 9.81. The van der Waals surface area contributed by atoms with Gasteiger partial charge in [0.15, 0.2) is 0 Å². The van der Waals surface area contributed by atoms with Crippen LogP contribution in [0.1, 0.15) is 25.8 Å². The lowest BCUT2D eigenvalue weighted by Gasteiger charge is -2.23. The third-order valence-corrected chi connectivity index (χ3v) is 2.48. The van der Waals surface area contributed by atoms with Crippen LogP contribution < -0.4 is 4.74 Å². The molecule has 4 heteroatoms. The molecule has 0 aliphatic rings. The Labute approximate surface area is 93.9 Å². The van der Waals surface area contributed by atoms with Crippen LogP contribution in [-0.4, -0.2) is 18.2 Å². The first kappa shape index (κ1) is 12.5. The summed E-state index contributed by atoms with van der Waals surface area (Å²) in [5.41, 5.74) is -0.00644. The van der Waals surface area contributed by atoms with Crippen LogP contribution in [0.5, 0.6) is 5.75 Å². The van der Waals surface area contributed by atoms with E-state index in [0.29, 0.717) is 11.3 Å². The van der Waals surface area contributed by atoms with Gasteiger partial charge in [-0.1, -0.05) is 13.8 Å².